The lowest BCUT2D eigenvalue weighted by Crippen LogP contribution is -2.31. The van der Waals surface area contributed by atoms with Gasteiger partial charge in [0, 0.05) is 19.7 Å². The zero-order valence-electron chi connectivity index (χ0n) is 30.8. The van der Waals surface area contributed by atoms with Crippen molar-refractivity contribution in [1.29, 1.82) is 0 Å². The Morgan fingerprint density at radius 3 is 1.16 bits per heavy atom. The van der Waals surface area contributed by atoms with Crippen LogP contribution in [-0.2, 0) is 0 Å². The molecule has 0 rings (SSSR count). The van der Waals surface area contributed by atoms with Crippen LogP contribution in [0.2, 0.25) is 0 Å². The second-order valence-corrected chi connectivity index (χ2v) is 14.7. The summed E-state index contributed by atoms with van der Waals surface area (Å²) in [6, 6.07) is 0. The lowest BCUT2D eigenvalue weighted by Gasteiger charge is -2.26. The molecule has 0 aromatic rings. The van der Waals surface area contributed by atoms with Gasteiger partial charge in [0.2, 0.25) is 0 Å². The van der Waals surface area contributed by atoms with E-state index in [2.05, 4.69) is 44.7 Å². The number of aliphatic hydroxyl groups excluding tert-OH is 1. The standard InChI is InChI=1S/C40H84N2O/c1-6-8-10-12-14-16-18-20-22-24-26-28-31-39(3)37-41(4)34-30-35-42(5)38-40(33-36-43)32-29-27-25-23-21-19-17-15-13-11-9-7-2/h39-40,43H,6-38H2,1-5H3. The lowest BCUT2D eigenvalue weighted by molar-refractivity contribution is 0.197. The van der Waals surface area contributed by atoms with E-state index in [-0.39, 0.29) is 0 Å². The first-order chi connectivity index (χ1) is 21.0. The summed E-state index contributed by atoms with van der Waals surface area (Å²) < 4.78 is 0. The fraction of sp³-hybridized carbons (Fsp3) is 1.00. The molecule has 0 saturated heterocycles. The van der Waals surface area contributed by atoms with E-state index in [0.29, 0.717) is 12.5 Å². The van der Waals surface area contributed by atoms with Crippen molar-refractivity contribution in [3.05, 3.63) is 0 Å². The Balaban J connectivity index is 3.70. The van der Waals surface area contributed by atoms with E-state index in [1.54, 1.807) is 0 Å². The van der Waals surface area contributed by atoms with Crippen molar-refractivity contribution in [3.8, 4) is 0 Å². The summed E-state index contributed by atoms with van der Waals surface area (Å²) >= 11 is 0. The highest BCUT2D eigenvalue weighted by atomic mass is 16.3. The Bertz CT molecular complexity index is 513. The van der Waals surface area contributed by atoms with Crippen LogP contribution in [0.4, 0.5) is 0 Å². The minimum atomic E-state index is 0.344. The Morgan fingerprint density at radius 2 is 0.767 bits per heavy atom. The average molecular weight is 609 g/mol. The van der Waals surface area contributed by atoms with Gasteiger partial charge in [-0.05, 0) is 64.7 Å². The molecule has 0 aromatic carbocycles. The molecule has 0 aromatic heterocycles. The van der Waals surface area contributed by atoms with Gasteiger partial charge in [0.05, 0.1) is 0 Å². The summed E-state index contributed by atoms with van der Waals surface area (Å²) in [4.78, 5) is 5.10. The third-order valence-electron chi connectivity index (χ3n) is 9.83. The van der Waals surface area contributed by atoms with Crippen LogP contribution in [0.1, 0.15) is 201 Å². The van der Waals surface area contributed by atoms with Crippen molar-refractivity contribution in [1.82, 2.24) is 9.80 Å². The van der Waals surface area contributed by atoms with E-state index in [1.807, 2.05) is 0 Å². The highest BCUT2D eigenvalue weighted by molar-refractivity contribution is 4.66. The molecule has 1 N–H and O–H groups in total. The number of hydrogen-bond donors (Lipinski definition) is 1. The van der Waals surface area contributed by atoms with Gasteiger partial charge in [-0.15, -0.1) is 0 Å². The molecule has 260 valence electrons. The molecule has 0 bridgehead atoms. The number of unbranched alkanes of at least 4 members (excludes halogenated alkanes) is 22. The largest absolute Gasteiger partial charge is 0.396 e. The molecule has 0 amide bonds. The van der Waals surface area contributed by atoms with Crippen molar-refractivity contribution in [2.24, 2.45) is 11.8 Å². The summed E-state index contributed by atoms with van der Waals surface area (Å²) in [5.41, 5.74) is 0. The number of hydrogen-bond acceptors (Lipinski definition) is 3. The summed E-state index contributed by atoms with van der Waals surface area (Å²) in [6.45, 7) is 12.2. The normalized spacial score (nSPS) is 13.4. The van der Waals surface area contributed by atoms with Crippen molar-refractivity contribution >= 4 is 0 Å². The van der Waals surface area contributed by atoms with Crippen LogP contribution in [0.15, 0.2) is 0 Å². The Kier molecular flexibility index (Phi) is 34.7. The predicted octanol–water partition coefficient (Wildman–Crippen LogP) is 12.1. The second kappa shape index (κ2) is 34.7. The average Bonchev–Trinajstić information content (AvgIpc) is 2.98. The fourth-order valence-electron chi connectivity index (χ4n) is 6.97. The van der Waals surface area contributed by atoms with Crippen LogP contribution in [0.5, 0.6) is 0 Å². The van der Waals surface area contributed by atoms with Gasteiger partial charge in [-0.3, -0.25) is 0 Å². The Labute approximate surface area is 273 Å². The summed E-state index contributed by atoms with van der Waals surface area (Å²) in [5, 5.41) is 9.61. The van der Waals surface area contributed by atoms with Crippen molar-refractivity contribution in [2.45, 2.75) is 201 Å². The first-order valence-electron chi connectivity index (χ1n) is 20.0. The lowest BCUT2D eigenvalue weighted by atomic mass is 9.96. The highest BCUT2D eigenvalue weighted by Crippen LogP contribution is 2.18. The van der Waals surface area contributed by atoms with Gasteiger partial charge in [-0.1, -0.05) is 175 Å². The molecule has 0 heterocycles. The van der Waals surface area contributed by atoms with Crippen LogP contribution in [0.25, 0.3) is 0 Å². The van der Waals surface area contributed by atoms with Gasteiger partial charge >= 0.3 is 0 Å². The fourth-order valence-corrected chi connectivity index (χ4v) is 6.97. The van der Waals surface area contributed by atoms with Gasteiger partial charge in [-0.25, -0.2) is 0 Å². The van der Waals surface area contributed by atoms with E-state index < -0.39 is 0 Å². The zero-order chi connectivity index (χ0) is 31.6. The Morgan fingerprint density at radius 1 is 0.419 bits per heavy atom. The number of aliphatic hydroxyl groups is 1. The van der Waals surface area contributed by atoms with Gasteiger partial charge in [0.1, 0.15) is 0 Å². The van der Waals surface area contributed by atoms with Crippen LogP contribution >= 0.6 is 0 Å². The van der Waals surface area contributed by atoms with Crippen LogP contribution in [0, 0.1) is 11.8 Å². The van der Waals surface area contributed by atoms with E-state index in [9.17, 15) is 5.11 Å². The van der Waals surface area contributed by atoms with Crippen molar-refractivity contribution < 1.29 is 5.11 Å². The molecule has 43 heavy (non-hydrogen) atoms. The van der Waals surface area contributed by atoms with Crippen LogP contribution in [0.3, 0.4) is 0 Å². The number of nitrogens with zero attached hydrogens (tertiary/aromatic N) is 2. The first kappa shape index (κ1) is 42.9. The third kappa shape index (κ3) is 33.1. The smallest absolute Gasteiger partial charge is 0.0434 e. The third-order valence-corrected chi connectivity index (χ3v) is 9.83. The van der Waals surface area contributed by atoms with E-state index in [1.165, 1.54) is 193 Å². The monoisotopic (exact) mass is 609 g/mol. The van der Waals surface area contributed by atoms with Crippen LogP contribution < -0.4 is 0 Å². The Hall–Kier alpha value is -0.120. The summed E-state index contributed by atoms with van der Waals surface area (Å²) in [6.07, 6.45) is 39.2. The summed E-state index contributed by atoms with van der Waals surface area (Å²) in [5.74, 6) is 1.47. The SMILES string of the molecule is CCCCCCCCCCCCCCC(C)CN(C)CCCN(C)CC(CCO)CCCCCCCCCCCCCC. The molecule has 0 radical (unpaired) electrons. The van der Waals surface area contributed by atoms with Gasteiger partial charge < -0.3 is 14.9 Å². The first-order valence-corrected chi connectivity index (χ1v) is 20.0. The maximum atomic E-state index is 9.61. The van der Waals surface area contributed by atoms with E-state index in [4.69, 9.17) is 0 Å². The van der Waals surface area contributed by atoms with Crippen molar-refractivity contribution in [3.63, 3.8) is 0 Å². The minimum absolute atomic E-state index is 0.344. The van der Waals surface area contributed by atoms with E-state index >= 15 is 0 Å². The molecule has 0 fully saturated rings. The van der Waals surface area contributed by atoms with Gasteiger partial charge in [0.15, 0.2) is 0 Å². The molecule has 2 atom stereocenters. The maximum Gasteiger partial charge on any atom is 0.0434 e. The molecule has 3 nitrogen and oxygen atoms in total. The van der Waals surface area contributed by atoms with E-state index in [0.717, 1.165) is 18.9 Å². The predicted molar refractivity (Wildman–Crippen MR) is 195 cm³/mol. The highest BCUT2D eigenvalue weighted by Gasteiger charge is 2.12. The van der Waals surface area contributed by atoms with Crippen molar-refractivity contribution in [2.75, 3.05) is 46.9 Å². The quantitative estimate of drug-likeness (QED) is 0.0717. The molecule has 0 saturated carbocycles. The molecule has 0 spiro atoms. The topological polar surface area (TPSA) is 26.7 Å². The molecule has 3 heteroatoms. The van der Waals surface area contributed by atoms with Crippen LogP contribution in [-0.4, -0.2) is 61.8 Å². The van der Waals surface area contributed by atoms with Gasteiger partial charge in [-0.2, -0.15) is 0 Å². The molecule has 0 aliphatic heterocycles. The zero-order valence-corrected chi connectivity index (χ0v) is 30.8. The molecule has 2 unspecified atom stereocenters. The van der Waals surface area contributed by atoms with Gasteiger partial charge in [0.25, 0.3) is 0 Å². The molecule has 0 aliphatic rings. The second-order valence-electron chi connectivity index (χ2n) is 14.7. The minimum Gasteiger partial charge on any atom is -0.396 e. The summed E-state index contributed by atoms with van der Waals surface area (Å²) in [7, 11) is 4.61. The molecule has 0 aliphatic carbocycles. The number of rotatable bonds is 36. The molecular weight excluding hydrogens is 524 g/mol. The molecular formula is C40H84N2O. The maximum absolute atomic E-state index is 9.61.